The van der Waals surface area contributed by atoms with Crippen LogP contribution in [0.25, 0.3) is 0 Å². The van der Waals surface area contributed by atoms with Crippen LogP contribution in [0.15, 0.2) is 24.3 Å². The molecule has 0 saturated heterocycles. The quantitative estimate of drug-likeness (QED) is 0.808. The van der Waals surface area contributed by atoms with E-state index in [4.69, 9.17) is 10.5 Å². The number of hydrogen-bond donors (Lipinski definition) is 1. The van der Waals surface area contributed by atoms with Crippen molar-refractivity contribution in [3.05, 3.63) is 35.6 Å². The van der Waals surface area contributed by atoms with Gasteiger partial charge in [-0.15, -0.1) is 0 Å². The van der Waals surface area contributed by atoms with E-state index in [-0.39, 0.29) is 11.9 Å². The molecule has 0 radical (unpaired) electrons. The predicted molar refractivity (Wildman–Crippen MR) is 63.5 cm³/mol. The van der Waals surface area contributed by atoms with Gasteiger partial charge in [-0.25, -0.2) is 4.39 Å². The van der Waals surface area contributed by atoms with Gasteiger partial charge in [-0.2, -0.15) is 0 Å². The van der Waals surface area contributed by atoms with Crippen LogP contribution in [-0.4, -0.2) is 12.6 Å². The molecule has 0 fully saturated rings. The van der Waals surface area contributed by atoms with E-state index >= 15 is 0 Å². The SMILES string of the molecule is CCC(C)[C@H](N)COCc1cccc(F)c1. The highest BCUT2D eigenvalue weighted by molar-refractivity contribution is 5.15. The van der Waals surface area contributed by atoms with E-state index in [9.17, 15) is 4.39 Å². The van der Waals surface area contributed by atoms with Crippen molar-refractivity contribution >= 4 is 0 Å². The molecule has 0 amide bonds. The van der Waals surface area contributed by atoms with Gasteiger partial charge in [0, 0.05) is 6.04 Å². The van der Waals surface area contributed by atoms with Gasteiger partial charge in [-0.3, -0.25) is 0 Å². The lowest BCUT2D eigenvalue weighted by Gasteiger charge is -2.18. The molecule has 2 atom stereocenters. The first-order chi connectivity index (χ1) is 7.63. The molecule has 0 aromatic heterocycles. The van der Waals surface area contributed by atoms with E-state index in [0.717, 1.165) is 12.0 Å². The second-order valence-corrected chi connectivity index (χ2v) is 4.19. The number of rotatable bonds is 6. The average molecular weight is 225 g/mol. The van der Waals surface area contributed by atoms with Crippen LogP contribution in [0, 0.1) is 11.7 Å². The van der Waals surface area contributed by atoms with Crippen molar-refractivity contribution in [3.63, 3.8) is 0 Å². The molecule has 2 N–H and O–H groups in total. The maximum atomic E-state index is 12.9. The maximum absolute atomic E-state index is 12.9. The number of ether oxygens (including phenoxy) is 1. The third-order valence-electron chi connectivity index (χ3n) is 2.84. The standard InChI is InChI=1S/C13H20FNO/c1-3-10(2)13(15)9-16-8-11-5-4-6-12(14)7-11/h4-7,10,13H,3,8-9,15H2,1-2H3/t10?,13-/m1/s1. The Morgan fingerprint density at radius 1 is 1.44 bits per heavy atom. The maximum Gasteiger partial charge on any atom is 0.123 e. The lowest BCUT2D eigenvalue weighted by atomic mass is 10.0. The molecule has 0 bridgehead atoms. The predicted octanol–water partition coefficient (Wildman–Crippen LogP) is 2.72. The van der Waals surface area contributed by atoms with E-state index in [0.29, 0.717) is 19.1 Å². The van der Waals surface area contributed by atoms with Crippen LogP contribution in [0.4, 0.5) is 4.39 Å². The van der Waals surface area contributed by atoms with Gasteiger partial charge in [0.1, 0.15) is 5.82 Å². The Balaban J connectivity index is 2.30. The first-order valence-corrected chi connectivity index (χ1v) is 5.71. The summed E-state index contributed by atoms with van der Waals surface area (Å²) in [6.07, 6.45) is 1.05. The summed E-state index contributed by atoms with van der Waals surface area (Å²) in [6, 6.07) is 6.49. The van der Waals surface area contributed by atoms with Crippen molar-refractivity contribution in [1.82, 2.24) is 0 Å². The molecule has 3 heteroatoms. The van der Waals surface area contributed by atoms with Crippen molar-refractivity contribution < 1.29 is 9.13 Å². The fourth-order valence-electron chi connectivity index (χ4n) is 1.41. The van der Waals surface area contributed by atoms with Crippen LogP contribution in [0.2, 0.25) is 0 Å². The summed E-state index contributed by atoms with van der Waals surface area (Å²) >= 11 is 0. The van der Waals surface area contributed by atoms with Gasteiger partial charge in [-0.1, -0.05) is 32.4 Å². The highest BCUT2D eigenvalue weighted by Crippen LogP contribution is 2.08. The second-order valence-electron chi connectivity index (χ2n) is 4.19. The fraction of sp³-hybridized carbons (Fsp3) is 0.538. The van der Waals surface area contributed by atoms with Gasteiger partial charge in [0.15, 0.2) is 0 Å². The lowest BCUT2D eigenvalue weighted by molar-refractivity contribution is 0.0945. The lowest BCUT2D eigenvalue weighted by Crippen LogP contribution is -2.32. The zero-order chi connectivity index (χ0) is 12.0. The number of hydrogen-bond acceptors (Lipinski definition) is 2. The van der Waals surface area contributed by atoms with Crippen molar-refractivity contribution in [2.75, 3.05) is 6.61 Å². The minimum atomic E-state index is -0.229. The summed E-state index contributed by atoms with van der Waals surface area (Å²) in [6.45, 7) is 5.15. The molecule has 90 valence electrons. The summed E-state index contributed by atoms with van der Waals surface area (Å²) < 4.78 is 18.3. The summed E-state index contributed by atoms with van der Waals surface area (Å²) in [5.41, 5.74) is 6.77. The van der Waals surface area contributed by atoms with Gasteiger partial charge in [-0.05, 0) is 23.6 Å². The highest BCUT2D eigenvalue weighted by Gasteiger charge is 2.10. The zero-order valence-corrected chi connectivity index (χ0v) is 9.95. The molecule has 2 nitrogen and oxygen atoms in total. The third kappa shape index (κ3) is 4.29. The van der Waals surface area contributed by atoms with Gasteiger partial charge in [0.25, 0.3) is 0 Å². The molecular formula is C13H20FNO. The summed E-state index contributed by atoms with van der Waals surface area (Å²) in [7, 11) is 0. The Kier molecular flexibility index (Phi) is 5.43. The summed E-state index contributed by atoms with van der Waals surface area (Å²) in [5, 5.41) is 0. The Hall–Kier alpha value is -0.930. The van der Waals surface area contributed by atoms with Crippen LogP contribution in [0.3, 0.4) is 0 Å². The largest absolute Gasteiger partial charge is 0.375 e. The Bertz CT molecular complexity index is 317. The van der Waals surface area contributed by atoms with E-state index in [1.807, 2.05) is 6.07 Å². The number of halogens is 1. The molecule has 0 aliphatic carbocycles. The Morgan fingerprint density at radius 2 is 2.19 bits per heavy atom. The molecule has 0 spiro atoms. The van der Waals surface area contributed by atoms with Crippen molar-refractivity contribution in [2.24, 2.45) is 11.7 Å². The Morgan fingerprint density at radius 3 is 2.81 bits per heavy atom. The molecular weight excluding hydrogens is 205 g/mol. The third-order valence-corrected chi connectivity index (χ3v) is 2.84. The van der Waals surface area contributed by atoms with E-state index in [1.165, 1.54) is 12.1 Å². The van der Waals surface area contributed by atoms with E-state index in [2.05, 4.69) is 13.8 Å². The monoisotopic (exact) mass is 225 g/mol. The van der Waals surface area contributed by atoms with Gasteiger partial charge in [0.05, 0.1) is 13.2 Å². The molecule has 0 aliphatic rings. The molecule has 1 rings (SSSR count). The van der Waals surface area contributed by atoms with Crippen molar-refractivity contribution in [1.29, 1.82) is 0 Å². The topological polar surface area (TPSA) is 35.2 Å². The zero-order valence-electron chi connectivity index (χ0n) is 9.95. The minimum absolute atomic E-state index is 0.0542. The van der Waals surface area contributed by atoms with E-state index < -0.39 is 0 Å². The molecule has 0 heterocycles. The van der Waals surface area contributed by atoms with Gasteiger partial charge in [0.2, 0.25) is 0 Å². The molecule has 0 saturated carbocycles. The van der Waals surface area contributed by atoms with Gasteiger partial charge < -0.3 is 10.5 Å². The Labute approximate surface area is 96.6 Å². The van der Waals surface area contributed by atoms with Crippen molar-refractivity contribution in [2.45, 2.75) is 32.9 Å². The molecule has 1 aromatic rings. The second kappa shape index (κ2) is 6.61. The van der Waals surface area contributed by atoms with Gasteiger partial charge >= 0.3 is 0 Å². The van der Waals surface area contributed by atoms with Crippen LogP contribution >= 0.6 is 0 Å². The van der Waals surface area contributed by atoms with E-state index in [1.54, 1.807) is 6.07 Å². The first-order valence-electron chi connectivity index (χ1n) is 5.71. The van der Waals surface area contributed by atoms with Crippen molar-refractivity contribution in [3.8, 4) is 0 Å². The fourth-order valence-corrected chi connectivity index (χ4v) is 1.41. The van der Waals surface area contributed by atoms with Crippen LogP contribution in [-0.2, 0) is 11.3 Å². The van der Waals surface area contributed by atoms with Crippen LogP contribution in [0.5, 0.6) is 0 Å². The normalized spacial score (nSPS) is 14.8. The highest BCUT2D eigenvalue weighted by atomic mass is 19.1. The molecule has 1 unspecified atom stereocenters. The average Bonchev–Trinajstić information content (AvgIpc) is 2.28. The summed E-state index contributed by atoms with van der Waals surface area (Å²) in [4.78, 5) is 0. The summed E-state index contributed by atoms with van der Waals surface area (Å²) in [5.74, 6) is 0.222. The molecule has 0 aliphatic heterocycles. The smallest absolute Gasteiger partial charge is 0.123 e. The number of benzene rings is 1. The molecule has 16 heavy (non-hydrogen) atoms. The van der Waals surface area contributed by atoms with Crippen LogP contribution < -0.4 is 5.73 Å². The minimum Gasteiger partial charge on any atom is -0.375 e. The van der Waals surface area contributed by atoms with Crippen LogP contribution in [0.1, 0.15) is 25.8 Å². The first kappa shape index (κ1) is 13.1. The number of nitrogens with two attached hydrogens (primary N) is 1. The molecule has 1 aromatic carbocycles.